The number of halogens is 1. The topological polar surface area (TPSA) is 76.0 Å². The maximum atomic E-state index is 12.3. The van der Waals surface area contributed by atoms with E-state index in [1.165, 1.54) is 11.0 Å². The summed E-state index contributed by atoms with van der Waals surface area (Å²) in [5.74, 6) is -0.344. The highest BCUT2D eigenvalue weighted by Crippen LogP contribution is 2.35. The lowest BCUT2D eigenvalue weighted by atomic mass is 10.0. The standard InChI is InChI=1S/C17H17BrN2O4S/c1-11-8-20-16(21)15(17(20)25(22,23)10-11)6-12(2)19-24-9-13-4-3-5-14(18)7-13/h3-8,17H,9-10H2,1-2H3/b15-6-,19-12+. The molecule has 0 bridgehead atoms. The Kier molecular flexibility index (Phi) is 4.83. The molecule has 0 aromatic heterocycles. The SMILES string of the molecule is CC1=CN2C(=O)/C(=C/C(C)=N/OCc3cccc(Br)c3)C2S(=O)(=O)C1. The van der Waals surface area contributed by atoms with Crippen molar-refractivity contribution < 1.29 is 18.0 Å². The Hall–Kier alpha value is -1.93. The van der Waals surface area contributed by atoms with E-state index in [4.69, 9.17) is 4.84 Å². The maximum Gasteiger partial charge on any atom is 0.258 e. The van der Waals surface area contributed by atoms with E-state index in [-0.39, 0.29) is 23.8 Å². The average molecular weight is 425 g/mol. The lowest BCUT2D eigenvalue weighted by Gasteiger charge is -2.42. The summed E-state index contributed by atoms with van der Waals surface area (Å²) < 4.78 is 25.5. The highest BCUT2D eigenvalue weighted by molar-refractivity contribution is 9.10. The smallest absolute Gasteiger partial charge is 0.258 e. The predicted octanol–water partition coefficient (Wildman–Crippen LogP) is 2.77. The first-order valence-corrected chi connectivity index (χ1v) is 10.1. The van der Waals surface area contributed by atoms with Crippen molar-refractivity contribution in [3.63, 3.8) is 0 Å². The molecule has 0 aliphatic carbocycles. The largest absolute Gasteiger partial charge is 0.391 e. The Labute approximate surface area is 154 Å². The molecule has 1 aromatic rings. The summed E-state index contributed by atoms with van der Waals surface area (Å²) in [6.45, 7) is 3.65. The molecule has 3 rings (SSSR count). The van der Waals surface area contributed by atoms with Crippen LogP contribution in [0.4, 0.5) is 0 Å². The molecule has 2 aliphatic rings. The molecular weight excluding hydrogens is 408 g/mol. The summed E-state index contributed by atoms with van der Waals surface area (Å²) in [4.78, 5) is 18.7. The quantitative estimate of drug-likeness (QED) is 0.322. The molecular formula is C17H17BrN2O4S. The van der Waals surface area contributed by atoms with Gasteiger partial charge in [0.2, 0.25) is 0 Å². The predicted molar refractivity (Wildman–Crippen MR) is 98.3 cm³/mol. The number of fused-ring (bicyclic) bond motifs is 1. The molecule has 2 heterocycles. The molecule has 1 unspecified atom stereocenters. The molecule has 1 amide bonds. The van der Waals surface area contributed by atoms with Gasteiger partial charge in [-0.05, 0) is 43.2 Å². The molecule has 0 spiro atoms. The van der Waals surface area contributed by atoms with E-state index in [1.807, 2.05) is 24.3 Å². The Morgan fingerprint density at radius 3 is 2.96 bits per heavy atom. The van der Waals surface area contributed by atoms with Gasteiger partial charge in [0, 0.05) is 10.7 Å². The number of benzene rings is 1. The van der Waals surface area contributed by atoms with Gasteiger partial charge in [0.25, 0.3) is 5.91 Å². The number of rotatable bonds is 4. The van der Waals surface area contributed by atoms with Gasteiger partial charge in [0.1, 0.15) is 6.61 Å². The van der Waals surface area contributed by atoms with Gasteiger partial charge in [-0.2, -0.15) is 0 Å². The summed E-state index contributed by atoms with van der Waals surface area (Å²) >= 11 is 3.38. The van der Waals surface area contributed by atoms with Gasteiger partial charge >= 0.3 is 0 Å². The third kappa shape index (κ3) is 3.69. The maximum absolute atomic E-state index is 12.3. The van der Waals surface area contributed by atoms with Crippen molar-refractivity contribution in [2.24, 2.45) is 5.16 Å². The number of allylic oxidation sites excluding steroid dienone is 1. The number of carbonyl (C=O) groups excluding carboxylic acids is 1. The molecule has 0 N–H and O–H groups in total. The van der Waals surface area contributed by atoms with Crippen molar-refractivity contribution in [2.45, 2.75) is 25.8 Å². The lowest BCUT2D eigenvalue weighted by molar-refractivity contribution is -0.130. The number of oxime groups is 1. The monoisotopic (exact) mass is 424 g/mol. The Bertz CT molecular complexity index is 918. The highest BCUT2D eigenvalue weighted by atomic mass is 79.9. The first-order valence-electron chi connectivity index (χ1n) is 7.62. The van der Waals surface area contributed by atoms with Gasteiger partial charge < -0.3 is 4.84 Å². The molecule has 2 aliphatic heterocycles. The summed E-state index contributed by atoms with van der Waals surface area (Å²) in [5.41, 5.74) is 2.28. The Balaban J connectivity index is 1.71. The summed E-state index contributed by atoms with van der Waals surface area (Å²) in [5, 5.41) is 3.05. The van der Waals surface area contributed by atoms with Crippen LogP contribution in [0.2, 0.25) is 0 Å². The van der Waals surface area contributed by atoms with Crippen LogP contribution in [0.15, 0.2) is 57.3 Å². The van der Waals surface area contributed by atoms with E-state index in [0.29, 0.717) is 11.3 Å². The van der Waals surface area contributed by atoms with E-state index in [9.17, 15) is 13.2 Å². The second-order valence-corrected chi connectivity index (χ2v) is 9.06. The number of nitrogens with zero attached hydrogens (tertiary/aromatic N) is 2. The molecule has 25 heavy (non-hydrogen) atoms. The van der Waals surface area contributed by atoms with E-state index >= 15 is 0 Å². The first-order chi connectivity index (χ1) is 11.8. The number of hydrogen-bond donors (Lipinski definition) is 0. The van der Waals surface area contributed by atoms with Gasteiger partial charge in [0.05, 0.1) is 17.0 Å². The van der Waals surface area contributed by atoms with Crippen molar-refractivity contribution in [1.82, 2.24) is 4.90 Å². The average Bonchev–Trinajstić information content (AvgIpc) is 2.52. The summed E-state index contributed by atoms with van der Waals surface area (Å²) in [6, 6.07) is 7.63. The van der Waals surface area contributed by atoms with Crippen molar-refractivity contribution in [1.29, 1.82) is 0 Å². The lowest BCUT2D eigenvalue weighted by Crippen LogP contribution is -2.58. The zero-order valence-electron chi connectivity index (χ0n) is 13.8. The van der Waals surface area contributed by atoms with Crippen LogP contribution in [0.3, 0.4) is 0 Å². The van der Waals surface area contributed by atoms with Crippen molar-refractivity contribution in [3.05, 3.63) is 57.7 Å². The summed E-state index contributed by atoms with van der Waals surface area (Å²) in [7, 11) is -3.40. The molecule has 0 saturated carbocycles. The molecule has 1 fully saturated rings. The molecule has 6 nitrogen and oxygen atoms in total. The molecule has 8 heteroatoms. The van der Waals surface area contributed by atoms with E-state index < -0.39 is 15.2 Å². The van der Waals surface area contributed by atoms with Crippen LogP contribution in [0.5, 0.6) is 0 Å². The van der Waals surface area contributed by atoms with Crippen LogP contribution in [-0.2, 0) is 26.1 Å². The summed E-state index contributed by atoms with van der Waals surface area (Å²) in [6.07, 6.45) is 3.08. The van der Waals surface area contributed by atoms with Gasteiger partial charge in [-0.25, -0.2) is 8.42 Å². The first kappa shape index (κ1) is 17.9. The van der Waals surface area contributed by atoms with Gasteiger partial charge in [-0.1, -0.05) is 33.2 Å². The Morgan fingerprint density at radius 1 is 1.48 bits per heavy atom. The Morgan fingerprint density at radius 2 is 2.24 bits per heavy atom. The van der Waals surface area contributed by atoms with E-state index in [0.717, 1.165) is 10.0 Å². The number of hydrogen-bond acceptors (Lipinski definition) is 5. The normalized spacial score (nSPS) is 23.8. The van der Waals surface area contributed by atoms with E-state index in [2.05, 4.69) is 21.1 Å². The van der Waals surface area contributed by atoms with Crippen LogP contribution in [0.1, 0.15) is 19.4 Å². The van der Waals surface area contributed by atoms with Crippen LogP contribution < -0.4 is 0 Å². The minimum absolute atomic E-state index is 0.0334. The minimum atomic E-state index is -3.40. The van der Waals surface area contributed by atoms with Gasteiger partial charge in [-0.15, -0.1) is 0 Å². The zero-order valence-corrected chi connectivity index (χ0v) is 16.2. The third-order valence-corrected chi connectivity index (χ3v) is 6.33. The number of β-lactam (4-membered cyclic amide) rings is 1. The fraction of sp³-hybridized carbons (Fsp3) is 0.294. The van der Waals surface area contributed by atoms with Crippen molar-refractivity contribution in [3.8, 4) is 0 Å². The van der Waals surface area contributed by atoms with E-state index in [1.54, 1.807) is 20.0 Å². The highest BCUT2D eigenvalue weighted by Gasteiger charge is 2.51. The van der Waals surface area contributed by atoms with Gasteiger partial charge in [-0.3, -0.25) is 9.69 Å². The molecule has 0 radical (unpaired) electrons. The third-order valence-electron chi connectivity index (χ3n) is 3.82. The number of amides is 1. The zero-order chi connectivity index (χ0) is 18.2. The van der Waals surface area contributed by atoms with Crippen LogP contribution in [0, 0.1) is 0 Å². The van der Waals surface area contributed by atoms with Crippen LogP contribution in [-0.4, -0.2) is 36.1 Å². The van der Waals surface area contributed by atoms with Gasteiger partial charge in [0.15, 0.2) is 15.2 Å². The van der Waals surface area contributed by atoms with Crippen molar-refractivity contribution in [2.75, 3.05) is 5.75 Å². The minimum Gasteiger partial charge on any atom is -0.391 e. The van der Waals surface area contributed by atoms with Crippen molar-refractivity contribution >= 4 is 37.4 Å². The molecule has 1 aromatic carbocycles. The second-order valence-electron chi connectivity index (χ2n) is 6.08. The second kappa shape index (κ2) is 6.76. The molecule has 132 valence electrons. The molecule has 1 atom stereocenters. The van der Waals surface area contributed by atoms with Crippen LogP contribution in [0.25, 0.3) is 0 Å². The fourth-order valence-electron chi connectivity index (χ4n) is 2.83. The van der Waals surface area contributed by atoms with Crippen LogP contribution >= 0.6 is 15.9 Å². The number of sulfone groups is 1. The molecule has 1 saturated heterocycles. The number of carbonyl (C=O) groups is 1. The fourth-order valence-corrected chi connectivity index (χ4v) is 5.20.